The summed E-state index contributed by atoms with van der Waals surface area (Å²) < 4.78 is 5.07. The highest BCUT2D eigenvalue weighted by molar-refractivity contribution is 7.16. The summed E-state index contributed by atoms with van der Waals surface area (Å²) in [4.78, 5) is 9.94. The van der Waals surface area contributed by atoms with Crippen molar-refractivity contribution in [2.75, 3.05) is 7.11 Å². The molecule has 3 nitrogen and oxygen atoms in total. The Morgan fingerprint density at radius 2 is 2.33 bits per heavy atom. The summed E-state index contributed by atoms with van der Waals surface area (Å²) in [6, 6.07) is 0. The zero-order valence-corrected chi connectivity index (χ0v) is 9.90. The van der Waals surface area contributed by atoms with Crippen LogP contribution in [0, 0.1) is 0 Å². The Morgan fingerprint density at radius 3 is 3.00 bits per heavy atom. The summed E-state index contributed by atoms with van der Waals surface area (Å²) in [6.07, 6.45) is 4.52. The molecule has 0 N–H and O–H groups in total. The van der Waals surface area contributed by atoms with Gasteiger partial charge in [-0.2, -0.15) is 0 Å². The molecule has 78 valence electrons. The van der Waals surface area contributed by atoms with Gasteiger partial charge in [0.25, 0.3) is 5.19 Å². The molecule has 1 fully saturated rings. The molecule has 15 heavy (non-hydrogen) atoms. The maximum absolute atomic E-state index is 5.07. The van der Waals surface area contributed by atoms with Crippen LogP contribution in [0.5, 0.6) is 5.19 Å². The second-order valence-corrected chi connectivity index (χ2v) is 5.42. The van der Waals surface area contributed by atoms with E-state index in [0.717, 1.165) is 16.5 Å². The standard InChI is InChI=1S/C10H10N2OS2/c1-13-10-12-7(5-14-10)8-4-11-9(15-8)6-2-3-6/h4-6H,2-3H2,1H3. The van der Waals surface area contributed by atoms with E-state index >= 15 is 0 Å². The fourth-order valence-electron chi connectivity index (χ4n) is 1.39. The lowest BCUT2D eigenvalue weighted by molar-refractivity contribution is 0.412. The van der Waals surface area contributed by atoms with Crippen molar-refractivity contribution in [2.24, 2.45) is 0 Å². The minimum Gasteiger partial charge on any atom is -0.473 e. The molecule has 0 amide bonds. The molecule has 2 aromatic heterocycles. The smallest absolute Gasteiger partial charge is 0.273 e. The second-order valence-electron chi connectivity index (χ2n) is 3.54. The normalized spacial score (nSPS) is 15.5. The molecule has 0 bridgehead atoms. The minimum absolute atomic E-state index is 0.714. The molecular weight excluding hydrogens is 228 g/mol. The third-order valence-electron chi connectivity index (χ3n) is 2.36. The lowest BCUT2D eigenvalue weighted by atomic mass is 10.4. The van der Waals surface area contributed by atoms with Gasteiger partial charge in [-0.25, -0.2) is 9.97 Å². The summed E-state index contributed by atoms with van der Waals surface area (Å²) >= 11 is 3.28. The van der Waals surface area contributed by atoms with Crippen LogP contribution in [-0.4, -0.2) is 17.1 Å². The van der Waals surface area contributed by atoms with E-state index in [1.165, 1.54) is 29.2 Å². The average molecular weight is 238 g/mol. The van der Waals surface area contributed by atoms with Gasteiger partial charge in [0.1, 0.15) is 0 Å². The zero-order chi connectivity index (χ0) is 10.3. The van der Waals surface area contributed by atoms with Crippen LogP contribution in [0.15, 0.2) is 11.6 Å². The van der Waals surface area contributed by atoms with Gasteiger partial charge in [-0.1, -0.05) is 11.3 Å². The molecule has 0 saturated heterocycles. The summed E-state index contributed by atoms with van der Waals surface area (Å²) in [5.74, 6) is 0.726. The average Bonchev–Trinajstić information content (AvgIpc) is 2.84. The zero-order valence-electron chi connectivity index (χ0n) is 8.27. The van der Waals surface area contributed by atoms with Crippen molar-refractivity contribution in [2.45, 2.75) is 18.8 Å². The van der Waals surface area contributed by atoms with E-state index in [0.29, 0.717) is 5.19 Å². The monoisotopic (exact) mass is 238 g/mol. The quantitative estimate of drug-likeness (QED) is 0.824. The van der Waals surface area contributed by atoms with E-state index in [-0.39, 0.29) is 0 Å². The molecule has 0 aromatic carbocycles. The Hall–Kier alpha value is -0.940. The van der Waals surface area contributed by atoms with Crippen molar-refractivity contribution < 1.29 is 4.74 Å². The highest BCUT2D eigenvalue weighted by Crippen LogP contribution is 2.43. The molecule has 0 aliphatic heterocycles. The molecule has 0 atom stereocenters. The molecular formula is C10H10N2OS2. The van der Waals surface area contributed by atoms with E-state index in [2.05, 4.69) is 9.97 Å². The summed E-state index contributed by atoms with van der Waals surface area (Å²) in [5, 5.41) is 3.99. The molecule has 5 heteroatoms. The first kappa shape index (κ1) is 9.30. The number of hydrogen-bond acceptors (Lipinski definition) is 5. The molecule has 1 aliphatic carbocycles. The minimum atomic E-state index is 0.714. The highest BCUT2D eigenvalue weighted by atomic mass is 32.1. The lowest BCUT2D eigenvalue weighted by Gasteiger charge is -1.89. The van der Waals surface area contributed by atoms with Gasteiger partial charge in [-0.05, 0) is 12.8 Å². The number of nitrogens with zero attached hydrogens (tertiary/aromatic N) is 2. The van der Waals surface area contributed by atoms with Crippen molar-refractivity contribution >= 4 is 22.7 Å². The van der Waals surface area contributed by atoms with E-state index in [1.54, 1.807) is 18.4 Å². The van der Waals surface area contributed by atoms with Crippen LogP contribution in [0.3, 0.4) is 0 Å². The number of methoxy groups -OCH3 is 1. The Kier molecular flexibility index (Phi) is 2.21. The van der Waals surface area contributed by atoms with Crippen LogP contribution in [0.25, 0.3) is 10.6 Å². The van der Waals surface area contributed by atoms with Crippen LogP contribution in [0.1, 0.15) is 23.8 Å². The molecule has 0 radical (unpaired) electrons. The summed E-state index contributed by atoms with van der Waals surface area (Å²) in [5.41, 5.74) is 0.987. The Bertz CT molecular complexity index is 473. The van der Waals surface area contributed by atoms with E-state index in [4.69, 9.17) is 4.74 Å². The first-order valence-electron chi connectivity index (χ1n) is 4.82. The van der Waals surface area contributed by atoms with Gasteiger partial charge in [0.2, 0.25) is 0 Å². The van der Waals surface area contributed by atoms with Gasteiger partial charge in [0, 0.05) is 17.5 Å². The van der Waals surface area contributed by atoms with Crippen molar-refractivity contribution in [3.8, 4) is 15.8 Å². The molecule has 0 spiro atoms. The topological polar surface area (TPSA) is 35.0 Å². The van der Waals surface area contributed by atoms with Gasteiger partial charge in [0.15, 0.2) is 0 Å². The number of rotatable bonds is 3. The van der Waals surface area contributed by atoms with E-state index < -0.39 is 0 Å². The van der Waals surface area contributed by atoms with Gasteiger partial charge in [0.05, 0.1) is 22.7 Å². The van der Waals surface area contributed by atoms with Gasteiger partial charge < -0.3 is 4.74 Å². The maximum Gasteiger partial charge on any atom is 0.273 e. The number of aromatic nitrogens is 2. The van der Waals surface area contributed by atoms with Crippen LogP contribution < -0.4 is 4.74 Å². The Labute approximate surface area is 95.8 Å². The molecule has 0 unspecified atom stereocenters. The van der Waals surface area contributed by atoms with Crippen LogP contribution in [0.4, 0.5) is 0 Å². The molecule has 3 rings (SSSR count). The fourth-order valence-corrected chi connectivity index (χ4v) is 3.15. The predicted molar refractivity (Wildman–Crippen MR) is 61.7 cm³/mol. The number of ether oxygens (including phenoxy) is 1. The Balaban J connectivity index is 1.90. The second kappa shape index (κ2) is 3.57. The molecule has 1 aliphatic rings. The molecule has 2 heterocycles. The van der Waals surface area contributed by atoms with Crippen LogP contribution in [-0.2, 0) is 0 Å². The van der Waals surface area contributed by atoms with Crippen molar-refractivity contribution in [1.29, 1.82) is 0 Å². The van der Waals surface area contributed by atoms with Crippen molar-refractivity contribution in [1.82, 2.24) is 9.97 Å². The fraction of sp³-hybridized carbons (Fsp3) is 0.400. The van der Waals surface area contributed by atoms with E-state index in [1.807, 2.05) is 11.6 Å². The predicted octanol–water partition coefficient (Wildman–Crippen LogP) is 3.15. The van der Waals surface area contributed by atoms with Gasteiger partial charge in [-0.3, -0.25) is 0 Å². The van der Waals surface area contributed by atoms with Gasteiger partial charge >= 0.3 is 0 Å². The third-order valence-corrected chi connectivity index (χ3v) is 4.34. The largest absolute Gasteiger partial charge is 0.473 e. The molecule has 2 aromatic rings. The van der Waals surface area contributed by atoms with Gasteiger partial charge in [-0.15, -0.1) is 11.3 Å². The van der Waals surface area contributed by atoms with Crippen LogP contribution >= 0.6 is 22.7 Å². The van der Waals surface area contributed by atoms with Crippen LogP contribution in [0.2, 0.25) is 0 Å². The summed E-state index contributed by atoms with van der Waals surface area (Å²) in [6.45, 7) is 0. The first-order valence-corrected chi connectivity index (χ1v) is 6.52. The molecule has 1 saturated carbocycles. The van der Waals surface area contributed by atoms with Crippen molar-refractivity contribution in [3.63, 3.8) is 0 Å². The Morgan fingerprint density at radius 1 is 1.47 bits per heavy atom. The van der Waals surface area contributed by atoms with E-state index in [9.17, 15) is 0 Å². The lowest BCUT2D eigenvalue weighted by Crippen LogP contribution is -1.79. The SMILES string of the molecule is COc1nc(-c2cnc(C3CC3)s2)cs1. The number of thiazole rings is 2. The van der Waals surface area contributed by atoms with Crippen molar-refractivity contribution in [3.05, 3.63) is 16.6 Å². The number of hydrogen-bond donors (Lipinski definition) is 0. The third kappa shape index (κ3) is 1.77. The summed E-state index contributed by atoms with van der Waals surface area (Å²) in [7, 11) is 1.64. The maximum atomic E-state index is 5.07. The highest BCUT2D eigenvalue weighted by Gasteiger charge is 2.27. The first-order chi connectivity index (χ1) is 7.36.